The average molecular weight is 341 g/mol. The molecule has 0 saturated carbocycles. The number of carbonyl (C=O) groups is 2. The van der Waals surface area contributed by atoms with Gasteiger partial charge < -0.3 is 20.1 Å². The van der Waals surface area contributed by atoms with Gasteiger partial charge in [0.25, 0.3) is 0 Å². The zero-order valence-electron chi connectivity index (χ0n) is 14.5. The molecule has 2 heterocycles. The van der Waals surface area contributed by atoms with Crippen molar-refractivity contribution in [1.82, 2.24) is 19.8 Å². The summed E-state index contributed by atoms with van der Waals surface area (Å²) in [5.41, 5.74) is 1.65. The van der Waals surface area contributed by atoms with Gasteiger partial charge in [-0.05, 0) is 25.0 Å². The van der Waals surface area contributed by atoms with Gasteiger partial charge in [0.2, 0.25) is 5.91 Å². The summed E-state index contributed by atoms with van der Waals surface area (Å²) in [5, 5.41) is 5.59. The van der Waals surface area contributed by atoms with Crippen molar-refractivity contribution in [2.45, 2.75) is 12.8 Å². The molecule has 1 fully saturated rings. The number of aryl methyl sites for hydroxylation is 1. The number of carbonyl (C=O) groups excluding carboxylic acids is 2. The third-order valence-electron chi connectivity index (χ3n) is 4.52. The van der Waals surface area contributed by atoms with Crippen LogP contribution in [0.15, 0.2) is 36.7 Å². The number of rotatable bonds is 3. The van der Waals surface area contributed by atoms with E-state index in [9.17, 15) is 9.59 Å². The summed E-state index contributed by atoms with van der Waals surface area (Å²) in [6.45, 7) is 1.11. The van der Waals surface area contributed by atoms with E-state index in [0.717, 1.165) is 24.2 Å². The van der Waals surface area contributed by atoms with Crippen molar-refractivity contribution < 1.29 is 9.59 Å². The Morgan fingerprint density at radius 2 is 2.16 bits per heavy atom. The molecule has 7 heteroatoms. The topological polar surface area (TPSA) is 79.3 Å². The first kappa shape index (κ1) is 17.0. The minimum atomic E-state index is -0.175. The smallest absolute Gasteiger partial charge is 0.321 e. The van der Waals surface area contributed by atoms with E-state index in [2.05, 4.69) is 15.6 Å². The van der Waals surface area contributed by atoms with Crippen LogP contribution in [0.3, 0.4) is 0 Å². The van der Waals surface area contributed by atoms with Gasteiger partial charge in [-0.25, -0.2) is 9.78 Å². The lowest BCUT2D eigenvalue weighted by Gasteiger charge is -2.31. The molecule has 1 atom stereocenters. The Morgan fingerprint density at radius 1 is 1.32 bits per heavy atom. The lowest BCUT2D eigenvalue weighted by atomic mass is 9.97. The highest BCUT2D eigenvalue weighted by atomic mass is 16.2. The molecule has 1 aromatic carbocycles. The van der Waals surface area contributed by atoms with E-state index in [0.29, 0.717) is 18.8 Å². The van der Waals surface area contributed by atoms with Crippen molar-refractivity contribution in [3.63, 3.8) is 0 Å². The molecule has 3 rings (SSSR count). The zero-order valence-corrected chi connectivity index (χ0v) is 14.5. The largest absolute Gasteiger partial charge is 0.359 e. The van der Waals surface area contributed by atoms with Crippen molar-refractivity contribution in [3.8, 4) is 11.4 Å². The molecular weight excluding hydrogens is 318 g/mol. The van der Waals surface area contributed by atoms with Crippen LogP contribution >= 0.6 is 0 Å². The quantitative estimate of drug-likeness (QED) is 0.897. The highest BCUT2D eigenvalue weighted by Gasteiger charge is 2.27. The second kappa shape index (κ2) is 7.38. The fourth-order valence-corrected chi connectivity index (χ4v) is 3.16. The Hall–Kier alpha value is -2.83. The highest BCUT2D eigenvalue weighted by molar-refractivity contribution is 5.90. The van der Waals surface area contributed by atoms with E-state index in [1.807, 2.05) is 42.1 Å². The summed E-state index contributed by atoms with van der Waals surface area (Å²) < 4.78 is 1.93. The molecular formula is C18H23N5O2. The molecule has 7 nitrogen and oxygen atoms in total. The molecule has 1 aliphatic rings. The number of hydrogen-bond acceptors (Lipinski definition) is 3. The predicted octanol–water partition coefficient (Wildman–Crippen LogP) is 2.08. The van der Waals surface area contributed by atoms with Crippen molar-refractivity contribution in [2.24, 2.45) is 13.0 Å². The molecule has 1 aromatic heterocycles. The maximum atomic E-state index is 12.6. The van der Waals surface area contributed by atoms with Crippen LogP contribution in [-0.4, -0.2) is 46.5 Å². The zero-order chi connectivity index (χ0) is 17.8. The van der Waals surface area contributed by atoms with Crippen LogP contribution in [0.4, 0.5) is 10.5 Å². The molecule has 1 saturated heterocycles. The Balaban J connectivity index is 1.69. The van der Waals surface area contributed by atoms with Gasteiger partial charge in [-0.1, -0.05) is 12.1 Å². The predicted molar refractivity (Wildman–Crippen MR) is 96.0 cm³/mol. The minimum absolute atomic E-state index is 0.00530. The second-order valence-corrected chi connectivity index (χ2v) is 6.27. The molecule has 0 unspecified atom stereocenters. The fourth-order valence-electron chi connectivity index (χ4n) is 3.16. The molecule has 0 bridgehead atoms. The molecule has 25 heavy (non-hydrogen) atoms. The third-order valence-corrected chi connectivity index (χ3v) is 4.52. The summed E-state index contributed by atoms with van der Waals surface area (Å²) in [7, 11) is 3.56. The normalized spacial score (nSPS) is 17.2. The summed E-state index contributed by atoms with van der Waals surface area (Å²) in [4.78, 5) is 30.4. The van der Waals surface area contributed by atoms with E-state index in [-0.39, 0.29) is 17.9 Å². The maximum Gasteiger partial charge on any atom is 0.321 e. The average Bonchev–Trinajstić information content (AvgIpc) is 3.07. The monoisotopic (exact) mass is 341 g/mol. The fraction of sp³-hybridized carbons (Fsp3) is 0.389. The van der Waals surface area contributed by atoms with Crippen LogP contribution in [0.1, 0.15) is 12.8 Å². The first-order valence-electron chi connectivity index (χ1n) is 8.44. The van der Waals surface area contributed by atoms with Crippen LogP contribution < -0.4 is 10.6 Å². The molecule has 132 valence electrons. The van der Waals surface area contributed by atoms with Crippen molar-refractivity contribution in [2.75, 3.05) is 25.5 Å². The highest BCUT2D eigenvalue weighted by Crippen LogP contribution is 2.22. The second-order valence-electron chi connectivity index (χ2n) is 6.27. The summed E-state index contributed by atoms with van der Waals surface area (Å²) in [6, 6.07) is 7.43. The number of hydrogen-bond donors (Lipinski definition) is 2. The van der Waals surface area contributed by atoms with Gasteiger partial charge in [-0.2, -0.15) is 0 Å². The third kappa shape index (κ3) is 3.81. The van der Waals surface area contributed by atoms with E-state index in [4.69, 9.17) is 0 Å². The van der Waals surface area contributed by atoms with Crippen LogP contribution in [0.5, 0.6) is 0 Å². The molecule has 0 spiro atoms. The van der Waals surface area contributed by atoms with Gasteiger partial charge in [0.05, 0.1) is 5.92 Å². The van der Waals surface area contributed by atoms with Crippen LogP contribution in [0, 0.1) is 5.92 Å². The summed E-state index contributed by atoms with van der Waals surface area (Å²) in [5.74, 6) is 0.700. The van der Waals surface area contributed by atoms with Crippen molar-refractivity contribution in [1.29, 1.82) is 0 Å². The van der Waals surface area contributed by atoms with Gasteiger partial charge in [-0.15, -0.1) is 0 Å². The van der Waals surface area contributed by atoms with Crippen LogP contribution in [0.2, 0.25) is 0 Å². The number of benzene rings is 1. The van der Waals surface area contributed by atoms with Crippen LogP contribution in [0.25, 0.3) is 11.4 Å². The Morgan fingerprint density at radius 3 is 2.88 bits per heavy atom. The Bertz CT molecular complexity index is 770. The Labute approximate surface area is 147 Å². The molecule has 0 aliphatic carbocycles. The molecule has 2 aromatic rings. The number of nitrogens with one attached hydrogen (secondary N) is 2. The van der Waals surface area contributed by atoms with E-state index in [1.165, 1.54) is 0 Å². The number of imidazole rings is 1. The van der Waals surface area contributed by atoms with Gasteiger partial charge in [0, 0.05) is 50.8 Å². The van der Waals surface area contributed by atoms with Gasteiger partial charge in [0.1, 0.15) is 5.82 Å². The standard InChI is InChI=1S/C18H23N5O2/c1-19-17(24)14-6-4-9-23(12-14)18(25)21-15-7-3-5-13(11-15)16-20-8-10-22(16)2/h3,5,7-8,10-11,14H,4,6,9,12H2,1-2H3,(H,19,24)(H,21,25)/t14-/m1/s1. The van der Waals surface area contributed by atoms with Gasteiger partial charge in [0.15, 0.2) is 0 Å². The first-order valence-corrected chi connectivity index (χ1v) is 8.44. The van der Waals surface area contributed by atoms with E-state index < -0.39 is 0 Å². The minimum Gasteiger partial charge on any atom is -0.359 e. The number of anilines is 1. The maximum absolute atomic E-state index is 12.6. The summed E-state index contributed by atoms with van der Waals surface area (Å²) >= 11 is 0. The number of urea groups is 1. The number of aromatic nitrogens is 2. The van der Waals surface area contributed by atoms with Crippen LogP contribution in [-0.2, 0) is 11.8 Å². The number of piperidine rings is 1. The number of nitrogens with zero attached hydrogens (tertiary/aromatic N) is 3. The van der Waals surface area contributed by atoms with Crippen molar-refractivity contribution >= 4 is 17.6 Å². The lowest BCUT2D eigenvalue weighted by molar-refractivity contribution is -0.125. The Kier molecular flexibility index (Phi) is 5.02. The van der Waals surface area contributed by atoms with Gasteiger partial charge >= 0.3 is 6.03 Å². The molecule has 3 amide bonds. The van der Waals surface area contributed by atoms with E-state index in [1.54, 1.807) is 18.1 Å². The molecule has 2 N–H and O–H groups in total. The number of amides is 3. The van der Waals surface area contributed by atoms with Gasteiger partial charge in [-0.3, -0.25) is 4.79 Å². The number of likely N-dealkylation sites (tertiary alicyclic amines) is 1. The molecule has 1 aliphatic heterocycles. The molecule has 0 radical (unpaired) electrons. The summed E-state index contributed by atoms with van der Waals surface area (Å²) in [6.07, 6.45) is 5.28. The van der Waals surface area contributed by atoms with Crippen molar-refractivity contribution in [3.05, 3.63) is 36.7 Å². The lowest BCUT2D eigenvalue weighted by Crippen LogP contribution is -2.46. The van der Waals surface area contributed by atoms with E-state index >= 15 is 0 Å². The SMILES string of the molecule is CNC(=O)[C@@H]1CCCN(C(=O)Nc2cccc(-c3nccn3C)c2)C1. The first-order chi connectivity index (χ1) is 12.1.